The van der Waals surface area contributed by atoms with E-state index in [1.807, 2.05) is 25.2 Å². The van der Waals surface area contributed by atoms with Gasteiger partial charge in [-0.3, -0.25) is 9.88 Å². The third kappa shape index (κ3) is 5.47. The summed E-state index contributed by atoms with van der Waals surface area (Å²) in [5.74, 6) is 0. The Morgan fingerprint density at radius 3 is 2.93 bits per heavy atom. The molecule has 0 saturated heterocycles. The second-order valence-electron chi connectivity index (χ2n) is 3.39. The lowest BCUT2D eigenvalue weighted by Crippen LogP contribution is -2.23. The molecule has 1 aromatic heterocycles. The zero-order valence-corrected chi connectivity index (χ0v) is 9.09. The van der Waals surface area contributed by atoms with Crippen LogP contribution >= 0.6 is 0 Å². The van der Waals surface area contributed by atoms with Gasteiger partial charge in [-0.2, -0.15) is 0 Å². The van der Waals surface area contributed by atoms with Gasteiger partial charge in [-0.1, -0.05) is 6.07 Å². The monoisotopic (exact) mass is 210 g/mol. The molecule has 1 heterocycles. The summed E-state index contributed by atoms with van der Waals surface area (Å²) in [7, 11) is 2.02. The maximum absolute atomic E-state index is 8.52. The van der Waals surface area contributed by atoms with E-state index in [1.54, 1.807) is 6.20 Å². The van der Waals surface area contributed by atoms with Crippen LogP contribution in [0.15, 0.2) is 24.4 Å². The molecule has 4 nitrogen and oxygen atoms in total. The van der Waals surface area contributed by atoms with Crippen molar-refractivity contribution in [1.82, 2.24) is 9.88 Å². The number of hydrogen-bond donors (Lipinski definition) is 1. The van der Waals surface area contributed by atoms with Gasteiger partial charge in [0.1, 0.15) is 0 Å². The molecule has 1 rings (SSSR count). The van der Waals surface area contributed by atoms with Gasteiger partial charge in [-0.15, -0.1) is 0 Å². The van der Waals surface area contributed by atoms with Crippen LogP contribution in [-0.4, -0.2) is 48.4 Å². The van der Waals surface area contributed by atoms with Crippen LogP contribution in [0.1, 0.15) is 5.69 Å². The van der Waals surface area contributed by atoms with Crippen LogP contribution in [0.4, 0.5) is 0 Å². The molecular weight excluding hydrogens is 192 g/mol. The number of aliphatic hydroxyl groups excluding tert-OH is 1. The fourth-order valence-electron chi connectivity index (χ4n) is 1.23. The molecule has 0 bridgehead atoms. The Labute approximate surface area is 90.5 Å². The van der Waals surface area contributed by atoms with E-state index in [2.05, 4.69) is 9.88 Å². The molecular formula is C11H18N2O2. The number of aromatic nitrogens is 1. The summed E-state index contributed by atoms with van der Waals surface area (Å²) in [6.45, 7) is 2.81. The lowest BCUT2D eigenvalue weighted by atomic mass is 10.3. The predicted molar refractivity (Wildman–Crippen MR) is 58.5 cm³/mol. The van der Waals surface area contributed by atoms with E-state index in [-0.39, 0.29) is 6.61 Å². The molecule has 1 N–H and O–H groups in total. The summed E-state index contributed by atoms with van der Waals surface area (Å²) in [5, 5.41) is 8.52. The maximum Gasteiger partial charge on any atom is 0.0698 e. The Morgan fingerprint density at radius 2 is 2.27 bits per heavy atom. The largest absolute Gasteiger partial charge is 0.394 e. The highest BCUT2D eigenvalue weighted by Crippen LogP contribution is 1.97. The molecule has 1 aromatic rings. The van der Waals surface area contributed by atoms with Crippen LogP contribution in [0.25, 0.3) is 0 Å². The van der Waals surface area contributed by atoms with E-state index >= 15 is 0 Å². The number of pyridine rings is 1. The summed E-state index contributed by atoms with van der Waals surface area (Å²) in [6.07, 6.45) is 1.80. The molecule has 0 amide bonds. The van der Waals surface area contributed by atoms with Gasteiger partial charge in [0.05, 0.1) is 25.5 Å². The van der Waals surface area contributed by atoms with Crippen molar-refractivity contribution in [2.45, 2.75) is 6.54 Å². The fraction of sp³-hybridized carbons (Fsp3) is 0.545. The highest BCUT2D eigenvalue weighted by Gasteiger charge is 2.00. The molecule has 0 saturated carbocycles. The van der Waals surface area contributed by atoms with Crippen molar-refractivity contribution in [3.8, 4) is 0 Å². The molecule has 0 spiro atoms. The molecule has 0 radical (unpaired) electrons. The fourth-order valence-corrected chi connectivity index (χ4v) is 1.23. The summed E-state index contributed by atoms with van der Waals surface area (Å²) in [6, 6.07) is 5.90. The second-order valence-corrected chi connectivity index (χ2v) is 3.39. The Balaban J connectivity index is 2.16. The van der Waals surface area contributed by atoms with Gasteiger partial charge >= 0.3 is 0 Å². The minimum absolute atomic E-state index is 0.0873. The number of ether oxygens (including phenoxy) is 1. The first-order chi connectivity index (χ1) is 7.33. The highest BCUT2D eigenvalue weighted by molar-refractivity contribution is 5.02. The zero-order chi connectivity index (χ0) is 10.9. The van der Waals surface area contributed by atoms with Gasteiger partial charge in [0.25, 0.3) is 0 Å². The quantitative estimate of drug-likeness (QED) is 0.667. The lowest BCUT2D eigenvalue weighted by molar-refractivity contribution is 0.0771. The van der Waals surface area contributed by atoms with E-state index in [1.165, 1.54) is 0 Å². The zero-order valence-electron chi connectivity index (χ0n) is 9.09. The van der Waals surface area contributed by atoms with Crippen molar-refractivity contribution in [3.05, 3.63) is 30.1 Å². The minimum Gasteiger partial charge on any atom is -0.394 e. The standard InChI is InChI=1S/C11H18N2O2/c1-13(6-8-15-9-7-14)10-11-4-2-3-5-12-11/h2-5,14H,6-10H2,1H3. The third-order valence-corrected chi connectivity index (χ3v) is 2.01. The Hall–Kier alpha value is -0.970. The first-order valence-electron chi connectivity index (χ1n) is 5.10. The average molecular weight is 210 g/mol. The Morgan fingerprint density at radius 1 is 1.40 bits per heavy atom. The molecule has 84 valence electrons. The average Bonchev–Trinajstić information content (AvgIpc) is 2.26. The first-order valence-corrected chi connectivity index (χ1v) is 5.10. The van der Waals surface area contributed by atoms with Crippen molar-refractivity contribution < 1.29 is 9.84 Å². The predicted octanol–water partition coefficient (Wildman–Crippen LogP) is 0.522. The van der Waals surface area contributed by atoms with E-state index in [0.717, 1.165) is 18.8 Å². The summed E-state index contributed by atoms with van der Waals surface area (Å²) >= 11 is 0. The van der Waals surface area contributed by atoms with Crippen molar-refractivity contribution in [1.29, 1.82) is 0 Å². The molecule has 0 fully saturated rings. The topological polar surface area (TPSA) is 45.6 Å². The van der Waals surface area contributed by atoms with E-state index in [9.17, 15) is 0 Å². The van der Waals surface area contributed by atoms with Crippen LogP contribution in [0.5, 0.6) is 0 Å². The number of aliphatic hydroxyl groups is 1. The summed E-state index contributed by atoms with van der Waals surface area (Å²) < 4.78 is 5.18. The maximum atomic E-state index is 8.52. The van der Waals surface area contributed by atoms with Crippen LogP contribution in [-0.2, 0) is 11.3 Å². The number of rotatable bonds is 7. The molecule has 15 heavy (non-hydrogen) atoms. The van der Waals surface area contributed by atoms with E-state index in [0.29, 0.717) is 13.2 Å². The molecule has 0 aromatic carbocycles. The number of nitrogens with zero attached hydrogens (tertiary/aromatic N) is 2. The molecule has 0 unspecified atom stereocenters. The van der Waals surface area contributed by atoms with Gasteiger partial charge in [0, 0.05) is 19.3 Å². The van der Waals surface area contributed by atoms with Crippen molar-refractivity contribution in [3.63, 3.8) is 0 Å². The minimum atomic E-state index is 0.0873. The highest BCUT2D eigenvalue weighted by atomic mass is 16.5. The van der Waals surface area contributed by atoms with Crippen molar-refractivity contribution in [2.24, 2.45) is 0 Å². The van der Waals surface area contributed by atoms with Crippen molar-refractivity contribution >= 4 is 0 Å². The molecule has 0 atom stereocenters. The summed E-state index contributed by atoms with van der Waals surface area (Å²) in [5.41, 5.74) is 1.06. The van der Waals surface area contributed by atoms with Gasteiger partial charge in [-0.25, -0.2) is 0 Å². The first kappa shape index (κ1) is 12.1. The van der Waals surface area contributed by atoms with Crippen LogP contribution in [0.3, 0.4) is 0 Å². The van der Waals surface area contributed by atoms with Gasteiger partial charge in [0.15, 0.2) is 0 Å². The normalized spacial score (nSPS) is 10.9. The van der Waals surface area contributed by atoms with Gasteiger partial charge < -0.3 is 9.84 Å². The SMILES string of the molecule is CN(CCOCCO)Cc1ccccn1. The molecule has 0 aliphatic heterocycles. The number of likely N-dealkylation sites (N-methyl/N-ethyl adjacent to an activating group) is 1. The lowest BCUT2D eigenvalue weighted by Gasteiger charge is -2.15. The Kier molecular flexibility index (Phi) is 5.92. The molecule has 0 aliphatic carbocycles. The molecule has 4 heteroatoms. The smallest absolute Gasteiger partial charge is 0.0698 e. The second kappa shape index (κ2) is 7.34. The van der Waals surface area contributed by atoms with Gasteiger partial charge in [0.2, 0.25) is 0 Å². The Bertz CT molecular complexity index is 254. The molecule has 0 aliphatic rings. The van der Waals surface area contributed by atoms with Crippen LogP contribution < -0.4 is 0 Å². The van der Waals surface area contributed by atoms with Gasteiger partial charge in [-0.05, 0) is 19.2 Å². The van der Waals surface area contributed by atoms with Crippen LogP contribution in [0.2, 0.25) is 0 Å². The third-order valence-electron chi connectivity index (χ3n) is 2.01. The van der Waals surface area contributed by atoms with E-state index in [4.69, 9.17) is 9.84 Å². The number of hydrogen-bond acceptors (Lipinski definition) is 4. The van der Waals surface area contributed by atoms with Crippen molar-refractivity contribution in [2.75, 3.05) is 33.4 Å². The van der Waals surface area contributed by atoms with E-state index < -0.39 is 0 Å². The summed E-state index contributed by atoms with van der Waals surface area (Å²) in [4.78, 5) is 6.38. The van der Waals surface area contributed by atoms with Crippen LogP contribution in [0, 0.1) is 0 Å².